The van der Waals surface area contributed by atoms with Gasteiger partial charge < -0.3 is 4.74 Å². The molecule has 0 saturated heterocycles. The molecular formula is C11H6FN3O. The Morgan fingerprint density at radius 1 is 1.19 bits per heavy atom. The molecule has 0 fully saturated rings. The molecule has 0 amide bonds. The van der Waals surface area contributed by atoms with Crippen LogP contribution in [-0.4, -0.2) is 9.97 Å². The van der Waals surface area contributed by atoms with Gasteiger partial charge in [-0.2, -0.15) is 9.65 Å². The van der Waals surface area contributed by atoms with E-state index >= 15 is 0 Å². The molecule has 0 atom stereocenters. The smallest absolute Gasteiger partial charge is 0.225 e. The number of hydrogen-bond acceptors (Lipinski definition) is 4. The van der Waals surface area contributed by atoms with Crippen molar-refractivity contribution in [3.63, 3.8) is 0 Å². The molecule has 0 unspecified atom stereocenters. The van der Waals surface area contributed by atoms with Crippen molar-refractivity contribution in [3.05, 3.63) is 48.2 Å². The van der Waals surface area contributed by atoms with Crippen molar-refractivity contribution in [2.75, 3.05) is 0 Å². The van der Waals surface area contributed by atoms with Gasteiger partial charge in [0.05, 0.1) is 17.7 Å². The minimum Gasteiger partial charge on any atom is -0.439 e. The van der Waals surface area contributed by atoms with Gasteiger partial charge in [-0.1, -0.05) is 0 Å². The van der Waals surface area contributed by atoms with Crippen LogP contribution in [0.15, 0.2) is 36.7 Å². The fraction of sp³-hybridized carbons (Fsp3) is 0. The first kappa shape index (κ1) is 10.1. The lowest BCUT2D eigenvalue weighted by Crippen LogP contribution is -1.90. The average Bonchev–Trinajstić information content (AvgIpc) is 2.30. The van der Waals surface area contributed by atoms with Crippen LogP contribution in [0.5, 0.6) is 11.6 Å². The van der Waals surface area contributed by atoms with Gasteiger partial charge in [0.15, 0.2) is 0 Å². The standard InChI is InChI=1S/C11H6FN3O/c12-10-5-11(15-7-14-10)16-9-3-1-8(6-13)2-4-9/h1-5,7H. The van der Waals surface area contributed by atoms with Gasteiger partial charge in [0.25, 0.3) is 0 Å². The summed E-state index contributed by atoms with van der Waals surface area (Å²) in [6.45, 7) is 0. The highest BCUT2D eigenvalue weighted by atomic mass is 19.1. The molecule has 2 rings (SSSR count). The molecule has 2 aromatic rings. The fourth-order valence-electron chi connectivity index (χ4n) is 1.09. The van der Waals surface area contributed by atoms with Crippen LogP contribution in [0.4, 0.5) is 4.39 Å². The van der Waals surface area contributed by atoms with Gasteiger partial charge in [-0.3, -0.25) is 0 Å². The molecule has 0 N–H and O–H groups in total. The van der Waals surface area contributed by atoms with E-state index in [1.807, 2.05) is 6.07 Å². The molecule has 4 nitrogen and oxygen atoms in total. The molecule has 0 radical (unpaired) electrons. The van der Waals surface area contributed by atoms with E-state index in [1.54, 1.807) is 24.3 Å². The van der Waals surface area contributed by atoms with Crippen LogP contribution in [0.2, 0.25) is 0 Å². The van der Waals surface area contributed by atoms with E-state index in [4.69, 9.17) is 10.00 Å². The van der Waals surface area contributed by atoms with E-state index < -0.39 is 5.95 Å². The van der Waals surface area contributed by atoms with E-state index in [9.17, 15) is 4.39 Å². The van der Waals surface area contributed by atoms with Crippen LogP contribution in [0.3, 0.4) is 0 Å². The monoisotopic (exact) mass is 215 g/mol. The molecule has 0 aliphatic heterocycles. The van der Waals surface area contributed by atoms with Gasteiger partial charge >= 0.3 is 0 Å². The third-order valence-corrected chi connectivity index (χ3v) is 1.81. The Kier molecular flexibility index (Phi) is 2.74. The van der Waals surface area contributed by atoms with Crippen LogP contribution in [0.25, 0.3) is 0 Å². The molecule has 0 aliphatic rings. The molecule has 0 spiro atoms. The predicted molar refractivity (Wildman–Crippen MR) is 53.2 cm³/mol. The van der Waals surface area contributed by atoms with E-state index in [1.165, 1.54) is 0 Å². The van der Waals surface area contributed by atoms with E-state index in [-0.39, 0.29) is 5.88 Å². The first-order valence-electron chi connectivity index (χ1n) is 4.43. The lowest BCUT2D eigenvalue weighted by Gasteiger charge is -2.03. The summed E-state index contributed by atoms with van der Waals surface area (Å²) in [6.07, 6.45) is 1.08. The highest BCUT2D eigenvalue weighted by Gasteiger charge is 2.00. The maximum atomic E-state index is 12.7. The summed E-state index contributed by atoms with van der Waals surface area (Å²) in [4.78, 5) is 7.05. The molecule has 0 saturated carbocycles. The Morgan fingerprint density at radius 3 is 2.56 bits per heavy atom. The Labute approximate surface area is 91.0 Å². The molecule has 0 aliphatic carbocycles. The van der Waals surface area contributed by atoms with Crippen LogP contribution in [0.1, 0.15) is 5.56 Å². The largest absolute Gasteiger partial charge is 0.439 e. The number of benzene rings is 1. The zero-order chi connectivity index (χ0) is 11.4. The number of nitrogens with zero attached hydrogens (tertiary/aromatic N) is 3. The Hall–Kier alpha value is -2.48. The molecule has 0 bridgehead atoms. The summed E-state index contributed by atoms with van der Waals surface area (Å²) in [7, 11) is 0. The highest BCUT2D eigenvalue weighted by molar-refractivity contribution is 5.35. The van der Waals surface area contributed by atoms with Gasteiger partial charge in [-0.25, -0.2) is 9.97 Å². The van der Waals surface area contributed by atoms with E-state index in [0.29, 0.717) is 11.3 Å². The number of aromatic nitrogens is 2. The number of nitriles is 1. The third kappa shape index (κ3) is 2.30. The Balaban J connectivity index is 2.18. The molecule has 16 heavy (non-hydrogen) atoms. The summed E-state index contributed by atoms with van der Waals surface area (Å²) in [5, 5.41) is 8.59. The normalized spacial score (nSPS) is 9.50. The summed E-state index contributed by atoms with van der Waals surface area (Å²) in [5.41, 5.74) is 0.529. The van der Waals surface area contributed by atoms with Crippen LogP contribution in [-0.2, 0) is 0 Å². The van der Waals surface area contributed by atoms with Crippen molar-refractivity contribution in [2.24, 2.45) is 0 Å². The van der Waals surface area contributed by atoms with Gasteiger partial charge in [-0.05, 0) is 24.3 Å². The Bertz CT molecular complexity index is 534. The lowest BCUT2D eigenvalue weighted by molar-refractivity contribution is 0.450. The quantitative estimate of drug-likeness (QED) is 0.721. The number of hydrogen-bond donors (Lipinski definition) is 0. The molecular weight excluding hydrogens is 209 g/mol. The van der Waals surface area contributed by atoms with Crippen molar-refractivity contribution < 1.29 is 9.13 Å². The molecule has 1 aromatic carbocycles. The van der Waals surface area contributed by atoms with Crippen molar-refractivity contribution in [1.29, 1.82) is 5.26 Å². The van der Waals surface area contributed by atoms with Crippen LogP contribution in [0, 0.1) is 17.3 Å². The maximum absolute atomic E-state index is 12.7. The van der Waals surface area contributed by atoms with Crippen LogP contribution < -0.4 is 4.74 Å². The van der Waals surface area contributed by atoms with Gasteiger partial charge in [0, 0.05) is 0 Å². The summed E-state index contributed by atoms with van der Waals surface area (Å²) >= 11 is 0. The fourth-order valence-corrected chi connectivity index (χ4v) is 1.09. The summed E-state index contributed by atoms with van der Waals surface area (Å²) in [5.74, 6) is -0.0482. The molecule has 1 aromatic heterocycles. The van der Waals surface area contributed by atoms with Crippen molar-refractivity contribution >= 4 is 0 Å². The second kappa shape index (κ2) is 4.36. The first-order valence-corrected chi connectivity index (χ1v) is 4.43. The molecule has 1 heterocycles. The van der Waals surface area contributed by atoms with Crippen molar-refractivity contribution in [1.82, 2.24) is 9.97 Å². The van der Waals surface area contributed by atoms with Gasteiger partial charge in [-0.15, -0.1) is 0 Å². The van der Waals surface area contributed by atoms with Crippen LogP contribution >= 0.6 is 0 Å². The zero-order valence-corrected chi connectivity index (χ0v) is 8.09. The Morgan fingerprint density at radius 2 is 1.94 bits per heavy atom. The lowest BCUT2D eigenvalue weighted by atomic mass is 10.2. The number of halogens is 1. The minimum atomic E-state index is -0.654. The molecule has 78 valence electrons. The zero-order valence-electron chi connectivity index (χ0n) is 8.09. The number of ether oxygens (including phenoxy) is 1. The first-order chi connectivity index (χ1) is 7.78. The van der Waals surface area contributed by atoms with Gasteiger partial charge in [0.2, 0.25) is 11.8 Å². The minimum absolute atomic E-state index is 0.122. The van der Waals surface area contributed by atoms with Gasteiger partial charge in [0.1, 0.15) is 12.1 Å². The second-order valence-electron chi connectivity index (χ2n) is 2.92. The second-order valence-corrected chi connectivity index (χ2v) is 2.92. The average molecular weight is 215 g/mol. The maximum Gasteiger partial charge on any atom is 0.225 e. The van der Waals surface area contributed by atoms with Crippen molar-refractivity contribution in [3.8, 4) is 17.7 Å². The predicted octanol–water partition coefficient (Wildman–Crippen LogP) is 2.28. The van der Waals surface area contributed by atoms with Crippen molar-refractivity contribution in [2.45, 2.75) is 0 Å². The molecule has 5 heteroatoms. The highest BCUT2D eigenvalue weighted by Crippen LogP contribution is 2.19. The SMILES string of the molecule is N#Cc1ccc(Oc2cc(F)ncn2)cc1. The third-order valence-electron chi connectivity index (χ3n) is 1.81. The van der Waals surface area contributed by atoms with E-state index in [0.717, 1.165) is 12.4 Å². The summed E-state index contributed by atoms with van der Waals surface area (Å²) < 4.78 is 18.0. The summed E-state index contributed by atoms with van der Waals surface area (Å²) in [6, 6.07) is 9.49. The van der Waals surface area contributed by atoms with E-state index in [2.05, 4.69) is 9.97 Å². The topological polar surface area (TPSA) is 58.8 Å². The number of rotatable bonds is 2.